The monoisotopic (exact) mass is 389 g/mol. The molecule has 3 rings (SSSR count). The Bertz CT molecular complexity index is 1020. The van der Waals surface area contributed by atoms with E-state index in [9.17, 15) is 18.8 Å². The van der Waals surface area contributed by atoms with E-state index in [0.29, 0.717) is 21.1 Å². The zero-order valence-corrected chi connectivity index (χ0v) is 15.1. The summed E-state index contributed by atoms with van der Waals surface area (Å²) >= 11 is 1.15. The van der Waals surface area contributed by atoms with Crippen LogP contribution in [0, 0.1) is 12.7 Å². The van der Waals surface area contributed by atoms with Crippen molar-refractivity contribution in [2.45, 2.75) is 6.92 Å². The molecule has 0 saturated heterocycles. The fraction of sp³-hybridized carbons (Fsp3) is 0.176. The van der Waals surface area contributed by atoms with Crippen molar-refractivity contribution in [2.75, 3.05) is 13.1 Å². The van der Waals surface area contributed by atoms with E-state index in [4.69, 9.17) is 11.5 Å². The summed E-state index contributed by atoms with van der Waals surface area (Å²) in [6, 6.07) is 7.43. The number of thiophene rings is 1. The SMILES string of the molecule is Cc1nn(-c2ccc(F)cc2)c2sc(C(=O)N(CC(N)=O)CC(N)=O)cc12. The van der Waals surface area contributed by atoms with Gasteiger partial charge in [-0.05, 0) is 37.3 Å². The topological polar surface area (TPSA) is 124 Å². The fourth-order valence-corrected chi connectivity index (χ4v) is 3.79. The molecule has 4 N–H and O–H groups in total. The Morgan fingerprint density at radius 2 is 1.74 bits per heavy atom. The smallest absolute Gasteiger partial charge is 0.264 e. The summed E-state index contributed by atoms with van der Waals surface area (Å²) < 4.78 is 14.8. The quantitative estimate of drug-likeness (QED) is 0.651. The van der Waals surface area contributed by atoms with Crippen LogP contribution in [0.1, 0.15) is 15.4 Å². The molecule has 0 fully saturated rings. The minimum absolute atomic E-state index is 0.309. The molecular formula is C17H16FN5O3S. The normalized spacial score (nSPS) is 10.9. The van der Waals surface area contributed by atoms with E-state index in [1.54, 1.807) is 29.8 Å². The number of fused-ring (bicyclic) bond motifs is 1. The van der Waals surface area contributed by atoms with Gasteiger partial charge in [0.05, 0.1) is 16.3 Å². The van der Waals surface area contributed by atoms with Crippen LogP contribution in [0.4, 0.5) is 4.39 Å². The van der Waals surface area contributed by atoms with E-state index in [1.165, 1.54) is 12.1 Å². The lowest BCUT2D eigenvalue weighted by Crippen LogP contribution is -2.43. The van der Waals surface area contributed by atoms with E-state index < -0.39 is 30.8 Å². The number of carbonyl (C=O) groups is 3. The number of rotatable bonds is 6. The Labute approximate surface area is 157 Å². The van der Waals surface area contributed by atoms with Gasteiger partial charge in [0, 0.05) is 5.39 Å². The van der Waals surface area contributed by atoms with Crippen LogP contribution in [-0.4, -0.2) is 45.5 Å². The van der Waals surface area contributed by atoms with E-state index in [1.807, 2.05) is 0 Å². The molecule has 0 saturated carbocycles. The molecule has 3 amide bonds. The summed E-state index contributed by atoms with van der Waals surface area (Å²) in [5.74, 6) is -2.40. The molecule has 27 heavy (non-hydrogen) atoms. The molecule has 0 atom stereocenters. The van der Waals surface area contributed by atoms with Crippen molar-refractivity contribution in [1.82, 2.24) is 14.7 Å². The predicted octanol–water partition coefficient (Wildman–Crippen LogP) is 0.947. The van der Waals surface area contributed by atoms with Gasteiger partial charge in [0.2, 0.25) is 11.8 Å². The van der Waals surface area contributed by atoms with Gasteiger partial charge < -0.3 is 16.4 Å². The maximum atomic E-state index is 13.2. The van der Waals surface area contributed by atoms with Gasteiger partial charge in [0.25, 0.3) is 5.91 Å². The minimum atomic E-state index is -0.751. The molecule has 8 nitrogen and oxygen atoms in total. The third kappa shape index (κ3) is 3.80. The van der Waals surface area contributed by atoms with E-state index in [-0.39, 0.29) is 5.82 Å². The van der Waals surface area contributed by atoms with Gasteiger partial charge in [0.1, 0.15) is 23.7 Å². The lowest BCUT2D eigenvalue weighted by Gasteiger charge is -2.18. The lowest BCUT2D eigenvalue weighted by atomic mass is 10.3. The minimum Gasteiger partial charge on any atom is -0.368 e. The molecule has 0 unspecified atom stereocenters. The highest BCUT2D eigenvalue weighted by molar-refractivity contribution is 7.20. The molecule has 10 heteroatoms. The summed E-state index contributed by atoms with van der Waals surface area (Å²) in [6.45, 7) is 0.950. The van der Waals surface area contributed by atoms with Crippen molar-refractivity contribution >= 4 is 39.3 Å². The zero-order chi connectivity index (χ0) is 19.7. The first-order valence-electron chi connectivity index (χ1n) is 7.87. The summed E-state index contributed by atoms with van der Waals surface area (Å²) in [4.78, 5) is 37.1. The first kappa shape index (κ1) is 18.5. The largest absolute Gasteiger partial charge is 0.368 e. The zero-order valence-electron chi connectivity index (χ0n) is 14.3. The number of nitrogens with zero attached hydrogens (tertiary/aromatic N) is 3. The molecule has 0 bridgehead atoms. The summed E-state index contributed by atoms with van der Waals surface area (Å²) in [7, 11) is 0. The second-order valence-corrected chi connectivity index (χ2v) is 6.93. The van der Waals surface area contributed by atoms with Crippen molar-refractivity contribution in [3.63, 3.8) is 0 Å². The van der Waals surface area contributed by atoms with Gasteiger partial charge in [0.15, 0.2) is 0 Å². The van der Waals surface area contributed by atoms with Crippen LogP contribution in [0.3, 0.4) is 0 Å². The number of aryl methyl sites for hydroxylation is 1. The Morgan fingerprint density at radius 1 is 1.15 bits per heavy atom. The summed E-state index contributed by atoms with van der Waals surface area (Å²) in [5, 5.41) is 5.16. The molecule has 3 aromatic rings. The number of hydrogen-bond donors (Lipinski definition) is 2. The van der Waals surface area contributed by atoms with Crippen molar-refractivity contribution < 1.29 is 18.8 Å². The van der Waals surface area contributed by atoms with E-state index in [0.717, 1.165) is 21.6 Å². The van der Waals surface area contributed by atoms with Gasteiger partial charge in [-0.1, -0.05) is 0 Å². The molecule has 1 aromatic carbocycles. The number of benzene rings is 1. The van der Waals surface area contributed by atoms with E-state index >= 15 is 0 Å². The van der Waals surface area contributed by atoms with Gasteiger partial charge in [-0.15, -0.1) is 11.3 Å². The van der Waals surface area contributed by atoms with Crippen LogP contribution >= 0.6 is 11.3 Å². The predicted molar refractivity (Wildman–Crippen MR) is 97.9 cm³/mol. The summed E-state index contributed by atoms with van der Waals surface area (Å²) in [6.07, 6.45) is 0. The van der Waals surface area contributed by atoms with Gasteiger partial charge in [-0.2, -0.15) is 5.10 Å². The van der Waals surface area contributed by atoms with Crippen LogP contribution in [0.5, 0.6) is 0 Å². The Kier molecular flexibility index (Phi) is 4.91. The number of hydrogen-bond acceptors (Lipinski definition) is 5. The van der Waals surface area contributed by atoms with Crippen LogP contribution in [0.2, 0.25) is 0 Å². The van der Waals surface area contributed by atoms with Gasteiger partial charge >= 0.3 is 0 Å². The van der Waals surface area contributed by atoms with Crippen LogP contribution < -0.4 is 11.5 Å². The Hall–Kier alpha value is -3.27. The van der Waals surface area contributed by atoms with Crippen molar-refractivity contribution in [1.29, 1.82) is 0 Å². The molecule has 0 spiro atoms. The van der Waals surface area contributed by atoms with Crippen LogP contribution in [-0.2, 0) is 9.59 Å². The maximum Gasteiger partial charge on any atom is 0.264 e. The first-order valence-corrected chi connectivity index (χ1v) is 8.69. The highest BCUT2D eigenvalue weighted by Crippen LogP contribution is 2.31. The Balaban J connectivity index is 2.01. The molecule has 2 aromatic heterocycles. The molecule has 0 aliphatic heterocycles. The summed E-state index contributed by atoms with van der Waals surface area (Å²) in [5.41, 5.74) is 11.6. The molecule has 0 aliphatic rings. The number of halogens is 1. The fourth-order valence-electron chi connectivity index (χ4n) is 2.64. The van der Waals surface area contributed by atoms with Crippen LogP contribution in [0.25, 0.3) is 15.9 Å². The molecule has 0 radical (unpaired) electrons. The van der Waals surface area contributed by atoms with Gasteiger partial charge in [-0.25, -0.2) is 9.07 Å². The Morgan fingerprint density at radius 3 is 2.30 bits per heavy atom. The molecule has 0 aliphatic carbocycles. The van der Waals surface area contributed by atoms with Crippen molar-refractivity contribution in [3.8, 4) is 5.69 Å². The molecule has 140 valence electrons. The number of amides is 3. The highest BCUT2D eigenvalue weighted by Gasteiger charge is 2.23. The highest BCUT2D eigenvalue weighted by atomic mass is 32.1. The number of aromatic nitrogens is 2. The third-order valence-electron chi connectivity index (χ3n) is 3.81. The maximum absolute atomic E-state index is 13.2. The average molecular weight is 389 g/mol. The second-order valence-electron chi connectivity index (χ2n) is 5.90. The lowest BCUT2D eigenvalue weighted by molar-refractivity contribution is -0.121. The standard InChI is InChI=1S/C17H16FN5O3S/c1-9-12-6-13(16(26)22(7-14(19)24)8-15(20)25)27-17(12)23(21-9)11-4-2-10(18)3-5-11/h2-6H,7-8H2,1H3,(H2,19,24)(H2,20,25). The van der Waals surface area contributed by atoms with Gasteiger partial charge in [-0.3, -0.25) is 14.4 Å². The number of carbonyl (C=O) groups excluding carboxylic acids is 3. The average Bonchev–Trinajstić information content (AvgIpc) is 3.14. The molecule has 2 heterocycles. The molecular weight excluding hydrogens is 373 g/mol. The first-order chi connectivity index (χ1) is 12.8. The van der Waals surface area contributed by atoms with Crippen molar-refractivity contribution in [2.24, 2.45) is 11.5 Å². The number of primary amides is 2. The van der Waals surface area contributed by atoms with Crippen LogP contribution in [0.15, 0.2) is 30.3 Å². The second kappa shape index (κ2) is 7.16. The number of nitrogens with two attached hydrogens (primary N) is 2. The van der Waals surface area contributed by atoms with E-state index in [2.05, 4.69) is 5.10 Å². The van der Waals surface area contributed by atoms with Crippen molar-refractivity contribution in [3.05, 3.63) is 46.7 Å². The third-order valence-corrected chi connectivity index (χ3v) is 4.91.